The molecule has 5 N–H and O–H groups in total. The molecule has 3 aliphatic rings. The Bertz CT molecular complexity index is 1300. The summed E-state index contributed by atoms with van der Waals surface area (Å²) in [7, 11) is -2.28. The quantitative estimate of drug-likeness (QED) is 0.130. The Morgan fingerprint density at radius 2 is 1.93 bits per heavy atom. The molecule has 0 spiro atoms. The third-order valence-electron chi connectivity index (χ3n) is 8.27. The van der Waals surface area contributed by atoms with E-state index < -0.39 is 33.4 Å². The number of carbonyl (C=O) groups excluding carboxylic acids is 2. The van der Waals surface area contributed by atoms with E-state index in [4.69, 9.17) is 21.6 Å². The number of nitrogens with zero attached hydrogens (tertiary/aromatic N) is 3. The molecule has 1 aromatic rings. The van der Waals surface area contributed by atoms with E-state index in [-0.39, 0.29) is 55.2 Å². The molecule has 228 valence electrons. The number of fused-ring (bicyclic) bond motifs is 1. The monoisotopic (exact) mass is 610 g/mol. The molecule has 0 bridgehead atoms. The lowest BCUT2D eigenvalue weighted by atomic mass is 9.76. The number of hydrogen-bond donors (Lipinski definition) is 3. The molecule has 0 aliphatic carbocycles. The van der Waals surface area contributed by atoms with E-state index in [9.17, 15) is 18.0 Å². The zero-order chi connectivity index (χ0) is 29.2. The number of guanidine groups is 1. The minimum Gasteiger partial charge on any atom is -0.464 e. The Morgan fingerprint density at radius 3 is 2.61 bits per heavy atom. The van der Waals surface area contributed by atoms with Gasteiger partial charge in [0, 0.05) is 32.7 Å². The summed E-state index contributed by atoms with van der Waals surface area (Å²) < 4.78 is 35.0. The smallest absolute Gasteiger partial charge is 0.335 e. The first-order valence-electron chi connectivity index (χ1n) is 14.0. The molecule has 3 heterocycles. The van der Waals surface area contributed by atoms with Gasteiger partial charge < -0.3 is 26.0 Å². The van der Waals surface area contributed by atoms with E-state index in [0.717, 1.165) is 34.0 Å². The lowest BCUT2D eigenvalue weighted by molar-refractivity contribution is -0.163. The molecule has 13 heteroatoms. The second kappa shape index (κ2) is 13.2. The molecule has 4 rings (SSSR count). The third kappa shape index (κ3) is 6.61. The topological polar surface area (TPSA) is 163 Å². The zero-order valence-corrected chi connectivity index (χ0v) is 25.7. The van der Waals surface area contributed by atoms with Crippen molar-refractivity contribution in [2.45, 2.75) is 69.0 Å². The predicted molar refractivity (Wildman–Crippen MR) is 159 cm³/mol. The molecule has 0 aromatic heterocycles. The summed E-state index contributed by atoms with van der Waals surface area (Å²) in [6.07, 6.45) is 4.04. The first kappa shape index (κ1) is 33.0. The number of esters is 1. The van der Waals surface area contributed by atoms with Crippen LogP contribution in [0.25, 0.3) is 0 Å². The van der Waals surface area contributed by atoms with Gasteiger partial charge in [0.25, 0.3) is 0 Å². The third-order valence-corrected chi connectivity index (χ3v) is 10.2. The van der Waals surface area contributed by atoms with Gasteiger partial charge in [0.2, 0.25) is 10.0 Å². The van der Waals surface area contributed by atoms with E-state index >= 15 is 0 Å². The number of rotatable bonds is 8. The number of hydrogen-bond acceptors (Lipinski definition) is 8. The first-order valence-corrected chi connectivity index (χ1v) is 15.4. The van der Waals surface area contributed by atoms with Crippen LogP contribution in [0.3, 0.4) is 0 Å². The Labute approximate surface area is 249 Å². The molecule has 3 aliphatic heterocycles. The number of nitrogens with one attached hydrogen (secondary N) is 1. The fourth-order valence-corrected chi connectivity index (χ4v) is 7.91. The van der Waals surface area contributed by atoms with Crippen molar-refractivity contribution in [3.8, 4) is 0 Å². The highest BCUT2D eigenvalue weighted by molar-refractivity contribution is 7.89. The SMILES string of the molecule is CCOC(=O)[C@@]1(C(=O)C(N)CC2=CCCN(C(=N)N)C2)C[C@H](C)CCN1S(=O)(=O)c1ccc2c(c1)CN(C)CC2.Cl. The van der Waals surface area contributed by atoms with Crippen molar-refractivity contribution in [2.75, 3.05) is 39.8 Å². The van der Waals surface area contributed by atoms with Crippen molar-refractivity contribution in [1.82, 2.24) is 14.1 Å². The van der Waals surface area contributed by atoms with Crippen LogP contribution in [-0.4, -0.2) is 91.6 Å². The van der Waals surface area contributed by atoms with Gasteiger partial charge >= 0.3 is 5.97 Å². The molecule has 0 amide bonds. The average molecular weight is 611 g/mol. The highest BCUT2D eigenvalue weighted by atomic mass is 35.5. The molecule has 1 aromatic carbocycles. The summed E-state index contributed by atoms with van der Waals surface area (Å²) in [5.41, 5.74) is 12.9. The maximum absolute atomic E-state index is 14.3. The van der Waals surface area contributed by atoms with E-state index in [1.165, 1.54) is 0 Å². The summed E-state index contributed by atoms with van der Waals surface area (Å²) in [5.74, 6) is -1.72. The van der Waals surface area contributed by atoms with Crippen molar-refractivity contribution in [2.24, 2.45) is 17.4 Å². The molecule has 3 atom stereocenters. The largest absolute Gasteiger partial charge is 0.464 e. The Hall–Kier alpha value is -2.51. The number of ketones is 1. The number of carbonyl (C=O) groups is 2. The number of sulfonamides is 1. The fourth-order valence-electron chi connectivity index (χ4n) is 6.13. The lowest BCUT2D eigenvalue weighted by Crippen LogP contribution is -2.68. The fraction of sp³-hybridized carbons (Fsp3) is 0.607. The van der Waals surface area contributed by atoms with Crippen molar-refractivity contribution in [3.63, 3.8) is 0 Å². The van der Waals surface area contributed by atoms with E-state index in [0.29, 0.717) is 32.5 Å². The van der Waals surface area contributed by atoms with Crippen molar-refractivity contribution >= 4 is 40.1 Å². The molecule has 1 unspecified atom stereocenters. The Kier molecular flexibility index (Phi) is 10.6. The molecular weight excluding hydrogens is 568 g/mol. The van der Waals surface area contributed by atoms with Crippen LogP contribution >= 0.6 is 12.4 Å². The maximum atomic E-state index is 14.3. The van der Waals surface area contributed by atoms with E-state index in [2.05, 4.69) is 4.90 Å². The van der Waals surface area contributed by atoms with Crippen molar-refractivity contribution in [1.29, 1.82) is 5.41 Å². The summed E-state index contributed by atoms with van der Waals surface area (Å²) in [5, 5.41) is 7.75. The number of halogens is 1. The molecule has 0 saturated carbocycles. The standard InChI is InChI=1S/C28H42N6O5S.ClH/c1-4-39-26(36)28(25(35)24(29)14-20-6-5-11-33(17-20)27(30)31)16-19(2)9-13-34(28)40(37,38)23-8-7-21-10-12-32(3)18-22(21)15-23;/h6-8,15,19,24H,4-5,9-14,16-18,29H2,1-3H3,(H3,30,31);1H/t19-,24?,28+;/m1./s1. The van der Waals surface area contributed by atoms with Crippen LogP contribution in [0.5, 0.6) is 0 Å². The number of nitrogens with two attached hydrogens (primary N) is 2. The zero-order valence-electron chi connectivity index (χ0n) is 24.1. The number of likely N-dealkylation sites (N-methyl/N-ethyl adjacent to an activating group) is 1. The Balaban J connectivity index is 0.00000462. The first-order chi connectivity index (χ1) is 18.9. The second-order valence-corrected chi connectivity index (χ2v) is 13.2. The summed E-state index contributed by atoms with van der Waals surface area (Å²) in [6, 6.07) is 3.92. The van der Waals surface area contributed by atoms with Crippen LogP contribution in [0.4, 0.5) is 0 Å². The lowest BCUT2D eigenvalue weighted by Gasteiger charge is -2.45. The summed E-state index contributed by atoms with van der Waals surface area (Å²) in [4.78, 5) is 31.9. The molecular formula is C28H43ClN6O5S. The molecule has 0 radical (unpaired) electrons. The van der Waals surface area contributed by atoms with Gasteiger partial charge in [0.15, 0.2) is 17.3 Å². The van der Waals surface area contributed by atoms with E-state index in [1.807, 2.05) is 26.1 Å². The van der Waals surface area contributed by atoms with Crippen LogP contribution < -0.4 is 11.5 Å². The van der Waals surface area contributed by atoms with Gasteiger partial charge in [-0.2, -0.15) is 4.31 Å². The van der Waals surface area contributed by atoms with Crippen LogP contribution in [-0.2, 0) is 37.3 Å². The predicted octanol–water partition coefficient (Wildman–Crippen LogP) is 1.63. The van der Waals surface area contributed by atoms with Crippen LogP contribution in [0.15, 0.2) is 34.7 Å². The molecule has 41 heavy (non-hydrogen) atoms. The molecule has 11 nitrogen and oxygen atoms in total. The number of piperidine rings is 1. The van der Waals surface area contributed by atoms with Gasteiger partial charge in [0.05, 0.1) is 17.5 Å². The van der Waals surface area contributed by atoms with Crippen molar-refractivity contribution < 1.29 is 22.7 Å². The normalized spacial score (nSPS) is 24.4. The number of benzene rings is 1. The highest BCUT2D eigenvalue weighted by Gasteiger charge is 2.60. The summed E-state index contributed by atoms with van der Waals surface area (Å²) in [6.45, 7) is 5.98. The highest BCUT2D eigenvalue weighted by Crippen LogP contribution is 2.40. The van der Waals surface area contributed by atoms with Crippen LogP contribution in [0.2, 0.25) is 0 Å². The molecule has 1 saturated heterocycles. The van der Waals surface area contributed by atoms with Crippen LogP contribution in [0, 0.1) is 11.3 Å². The van der Waals surface area contributed by atoms with Gasteiger partial charge in [-0.25, -0.2) is 13.2 Å². The van der Waals surface area contributed by atoms with Gasteiger partial charge in [-0.05, 0) is 75.3 Å². The van der Waals surface area contributed by atoms with Gasteiger partial charge in [-0.1, -0.05) is 24.6 Å². The van der Waals surface area contributed by atoms with Gasteiger partial charge in [0.1, 0.15) is 0 Å². The van der Waals surface area contributed by atoms with Gasteiger partial charge in [-0.15, -0.1) is 12.4 Å². The van der Waals surface area contributed by atoms with Crippen molar-refractivity contribution in [3.05, 3.63) is 41.0 Å². The summed E-state index contributed by atoms with van der Waals surface area (Å²) >= 11 is 0. The number of Topliss-reactive ketones (excluding diaryl/α,β-unsaturated/α-hetero) is 1. The average Bonchev–Trinajstić information content (AvgIpc) is 2.92. The second-order valence-electron chi connectivity index (χ2n) is 11.3. The minimum atomic E-state index is -4.27. The number of ether oxygens (including phenoxy) is 1. The maximum Gasteiger partial charge on any atom is 0.335 e. The Morgan fingerprint density at radius 1 is 1.20 bits per heavy atom. The van der Waals surface area contributed by atoms with Gasteiger partial charge in [-0.3, -0.25) is 10.2 Å². The minimum absolute atomic E-state index is 0. The molecule has 1 fully saturated rings. The van der Waals surface area contributed by atoms with E-state index in [1.54, 1.807) is 24.0 Å². The van der Waals surface area contributed by atoms with Crippen LogP contribution in [0.1, 0.15) is 50.7 Å².